The van der Waals surface area contributed by atoms with E-state index in [4.69, 9.17) is 5.26 Å². The summed E-state index contributed by atoms with van der Waals surface area (Å²) in [5.41, 5.74) is 2.67. The Kier molecular flexibility index (Phi) is 4.74. The number of piperidine rings is 1. The highest BCUT2D eigenvalue weighted by Crippen LogP contribution is 2.24. The summed E-state index contributed by atoms with van der Waals surface area (Å²) < 4.78 is 0. The van der Waals surface area contributed by atoms with Gasteiger partial charge in [0, 0.05) is 32.6 Å². The second-order valence-electron chi connectivity index (χ2n) is 6.33. The second kappa shape index (κ2) is 6.93. The van der Waals surface area contributed by atoms with E-state index in [2.05, 4.69) is 35.2 Å². The van der Waals surface area contributed by atoms with Gasteiger partial charge in [0.2, 0.25) is 5.91 Å². The molecule has 0 bridgehead atoms. The summed E-state index contributed by atoms with van der Waals surface area (Å²) in [5, 5.41) is 8.72. The van der Waals surface area contributed by atoms with Crippen LogP contribution in [0.4, 0.5) is 0 Å². The van der Waals surface area contributed by atoms with Crippen LogP contribution in [-0.4, -0.2) is 41.9 Å². The summed E-state index contributed by atoms with van der Waals surface area (Å²) in [6.07, 6.45) is 3.57. The lowest BCUT2D eigenvalue weighted by molar-refractivity contribution is -0.138. The molecule has 4 nitrogen and oxygen atoms in total. The molecule has 2 aliphatic heterocycles. The van der Waals surface area contributed by atoms with Gasteiger partial charge in [-0.05, 0) is 36.9 Å². The Bertz CT molecular complexity index is 578. The van der Waals surface area contributed by atoms with Gasteiger partial charge in [-0.2, -0.15) is 5.26 Å². The molecule has 0 spiro atoms. The molecule has 1 aromatic carbocycles. The Hall–Kier alpha value is -1.86. The molecular weight excluding hydrogens is 274 g/mol. The van der Waals surface area contributed by atoms with E-state index in [-0.39, 0.29) is 5.92 Å². The Balaban J connectivity index is 1.61. The normalized spacial score (nSPS) is 22.0. The lowest BCUT2D eigenvalue weighted by Crippen LogP contribution is -2.46. The third kappa shape index (κ3) is 3.31. The first-order valence-corrected chi connectivity index (χ1v) is 8.23. The third-order valence-electron chi connectivity index (χ3n) is 4.84. The lowest BCUT2D eigenvalue weighted by atomic mass is 9.94. The fourth-order valence-corrected chi connectivity index (χ4v) is 3.61. The molecule has 0 saturated carbocycles. The maximum Gasteiger partial charge on any atom is 0.227 e. The second-order valence-corrected chi connectivity index (χ2v) is 6.33. The molecule has 0 N–H and O–H groups in total. The maximum atomic E-state index is 12.8. The van der Waals surface area contributed by atoms with Crippen LogP contribution in [0, 0.1) is 17.2 Å². The molecule has 1 atom stereocenters. The minimum absolute atomic E-state index is 0.109. The highest BCUT2D eigenvalue weighted by atomic mass is 16.2. The fraction of sp³-hybridized carbons (Fsp3) is 0.556. The van der Waals surface area contributed by atoms with E-state index in [1.807, 2.05) is 4.90 Å². The molecule has 1 unspecified atom stereocenters. The van der Waals surface area contributed by atoms with Crippen LogP contribution in [0.1, 0.15) is 30.4 Å². The minimum atomic E-state index is 0.109. The maximum absolute atomic E-state index is 12.8. The molecule has 22 heavy (non-hydrogen) atoms. The predicted molar refractivity (Wildman–Crippen MR) is 85.0 cm³/mol. The van der Waals surface area contributed by atoms with Crippen molar-refractivity contribution in [1.82, 2.24) is 9.80 Å². The van der Waals surface area contributed by atoms with E-state index in [0.29, 0.717) is 12.3 Å². The largest absolute Gasteiger partial charge is 0.338 e. The molecule has 1 saturated heterocycles. The van der Waals surface area contributed by atoms with E-state index in [1.165, 1.54) is 11.1 Å². The van der Waals surface area contributed by atoms with E-state index < -0.39 is 0 Å². The molecule has 1 amide bonds. The van der Waals surface area contributed by atoms with Crippen LogP contribution in [0.15, 0.2) is 24.3 Å². The van der Waals surface area contributed by atoms with Gasteiger partial charge in [0.1, 0.15) is 0 Å². The average Bonchev–Trinajstić information content (AvgIpc) is 2.59. The SMILES string of the molecule is N#CCCN1CCCC(C(=O)N2CCc3ccccc3C2)C1. The van der Waals surface area contributed by atoms with Crippen molar-refractivity contribution in [3.05, 3.63) is 35.4 Å². The van der Waals surface area contributed by atoms with Crippen molar-refractivity contribution >= 4 is 5.91 Å². The third-order valence-corrected chi connectivity index (χ3v) is 4.84. The Labute approximate surface area is 132 Å². The number of hydrogen-bond donors (Lipinski definition) is 0. The van der Waals surface area contributed by atoms with Crippen LogP contribution in [-0.2, 0) is 17.8 Å². The number of fused-ring (bicyclic) bond motifs is 1. The lowest BCUT2D eigenvalue weighted by Gasteiger charge is -2.36. The van der Waals surface area contributed by atoms with E-state index in [9.17, 15) is 4.79 Å². The summed E-state index contributed by atoms with van der Waals surface area (Å²) in [6, 6.07) is 10.6. The quantitative estimate of drug-likeness (QED) is 0.859. The topological polar surface area (TPSA) is 47.3 Å². The average molecular weight is 297 g/mol. The summed E-state index contributed by atoms with van der Waals surface area (Å²) >= 11 is 0. The van der Waals surface area contributed by atoms with Crippen molar-refractivity contribution in [2.75, 3.05) is 26.2 Å². The zero-order chi connectivity index (χ0) is 15.4. The highest BCUT2D eigenvalue weighted by molar-refractivity contribution is 5.79. The van der Waals surface area contributed by atoms with Crippen LogP contribution in [0.3, 0.4) is 0 Å². The summed E-state index contributed by atoms with van der Waals surface area (Å²) in [4.78, 5) is 17.1. The van der Waals surface area contributed by atoms with Crippen molar-refractivity contribution in [3.8, 4) is 6.07 Å². The number of amides is 1. The van der Waals surface area contributed by atoms with Crippen molar-refractivity contribution in [2.45, 2.75) is 32.2 Å². The van der Waals surface area contributed by atoms with Crippen molar-refractivity contribution in [2.24, 2.45) is 5.92 Å². The van der Waals surface area contributed by atoms with Gasteiger partial charge in [-0.3, -0.25) is 4.79 Å². The number of carbonyl (C=O) groups is 1. The Morgan fingerprint density at radius 3 is 2.91 bits per heavy atom. The van der Waals surface area contributed by atoms with Gasteiger partial charge in [0.25, 0.3) is 0 Å². The first-order valence-electron chi connectivity index (χ1n) is 8.23. The molecule has 4 heteroatoms. The van der Waals surface area contributed by atoms with Crippen molar-refractivity contribution < 1.29 is 4.79 Å². The van der Waals surface area contributed by atoms with Crippen molar-refractivity contribution in [3.63, 3.8) is 0 Å². The van der Waals surface area contributed by atoms with Gasteiger partial charge in [-0.1, -0.05) is 24.3 Å². The van der Waals surface area contributed by atoms with Crippen LogP contribution in [0.2, 0.25) is 0 Å². The first-order chi connectivity index (χ1) is 10.8. The first kappa shape index (κ1) is 15.1. The molecule has 1 aromatic rings. The smallest absolute Gasteiger partial charge is 0.227 e. The van der Waals surface area contributed by atoms with Gasteiger partial charge in [-0.15, -0.1) is 0 Å². The molecular formula is C18H23N3O. The summed E-state index contributed by atoms with van der Waals surface area (Å²) in [6.45, 7) is 4.23. The zero-order valence-electron chi connectivity index (χ0n) is 13.0. The number of likely N-dealkylation sites (tertiary alicyclic amines) is 1. The molecule has 0 radical (unpaired) electrons. The van der Waals surface area contributed by atoms with Crippen LogP contribution < -0.4 is 0 Å². The number of benzene rings is 1. The van der Waals surface area contributed by atoms with Gasteiger partial charge in [-0.25, -0.2) is 0 Å². The molecule has 0 aliphatic carbocycles. The monoisotopic (exact) mass is 297 g/mol. The van der Waals surface area contributed by atoms with Gasteiger partial charge in [0.05, 0.1) is 12.0 Å². The van der Waals surface area contributed by atoms with Gasteiger partial charge in [0.15, 0.2) is 0 Å². The number of rotatable bonds is 3. The Morgan fingerprint density at radius 2 is 2.09 bits per heavy atom. The van der Waals surface area contributed by atoms with Crippen LogP contribution >= 0.6 is 0 Å². The van der Waals surface area contributed by atoms with E-state index in [1.54, 1.807) is 0 Å². The molecule has 0 aromatic heterocycles. The zero-order valence-corrected chi connectivity index (χ0v) is 13.0. The van der Waals surface area contributed by atoms with Gasteiger partial charge < -0.3 is 9.80 Å². The number of nitriles is 1. The summed E-state index contributed by atoms with van der Waals surface area (Å²) in [5.74, 6) is 0.411. The minimum Gasteiger partial charge on any atom is -0.338 e. The standard InChI is InChI=1S/C18H23N3O/c19-9-4-11-20-10-3-7-17(13-20)18(22)21-12-8-15-5-1-2-6-16(15)14-21/h1-2,5-6,17H,3-4,7-8,10-14H2. The predicted octanol–water partition coefficient (Wildman–Crippen LogP) is 2.20. The van der Waals surface area contributed by atoms with Crippen molar-refractivity contribution in [1.29, 1.82) is 5.26 Å². The number of nitrogens with zero attached hydrogens (tertiary/aromatic N) is 3. The van der Waals surface area contributed by atoms with Gasteiger partial charge >= 0.3 is 0 Å². The molecule has 2 aliphatic rings. The molecule has 2 heterocycles. The molecule has 116 valence electrons. The highest BCUT2D eigenvalue weighted by Gasteiger charge is 2.30. The summed E-state index contributed by atoms with van der Waals surface area (Å²) in [7, 11) is 0. The van der Waals surface area contributed by atoms with Crippen LogP contribution in [0.25, 0.3) is 0 Å². The van der Waals surface area contributed by atoms with E-state index >= 15 is 0 Å². The number of hydrogen-bond acceptors (Lipinski definition) is 3. The molecule has 1 fully saturated rings. The fourth-order valence-electron chi connectivity index (χ4n) is 3.61. The Morgan fingerprint density at radius 1 is 1.27 bits per heavy atom. The van der Waals surface area contributed by atoms with Crippen LogP contribution in [0.5, 0.6) is 0 Å². The molecule has 3 rings (SSSR count). The van der Waals surface area contributed by atoms with E-state index in [0.717, 1.165) is 52.0 Å². The number of carbonyl (C=O) groups excluding carboxylic acids is 1.